The van der Waals surface area contributed by atoms with Crippen LogP contribution in [0.5, 0.6) is 5.75 Å². The number of aromatic hydroxyl groups is 1. The van der Waals surface area contributed by atoms with E-state index in [0.29, 0.717) is 18.4 Å². The number of hydrogen-bond acceptors (Lipinski definition) is 3. The van der Waals surface area contributed by atoms with Crippen LogP contribution in [-0.4, -0.2) is 20.7 Å². The summed E-state index contributed by atoms with van der Waals surface area (Å²) in [5, 5.41) is 18.5. The Balaban J connectivity index is 2.28. The van der Waals surface area contributed by atoms with Gasteiger partial charge in [-0.1, -0.05) is 19.8 Å². The molecule has 0 aliphatic heterocycles. The minimum atomic E-state index is -1.18. The molecule has 19 heavy (non-hydrogen) atoms. The Morgan fingerprint density at radius 2 is 2.16 bits per heavy atom. The molecule has 2 atom stereocenters. The molecule has 0 radical (unpaired) electrons. The minimum Gasteiger partial charge on any atom is -0.508 e. The van der Waals surface area contributed by atoms with E-state index in [4.69, 9.17) is 5.11 Å². The number of carboxylic acids is 1. The molecule has 1 heterocycles. The molecule has 0 saturated heterocycles. The third kappa shape index (κ3) is 3.16. The van der Waals surface area contributed by atoms with Crippen LogP contribution in [0.15, 0.2) is 16.9 Å². The summed E-state index contributed by atoms with van der Waals surface area (Å²) in [5.74, 6) is -0.517. The highest BCUT2D eigenvalue weighted by molar-refractivity contribution is 5.86. The molecule has 1 aromatic heterocycles. The van der Waals surface area contributed by atoms with E-state index >= 15 is 0 Å². The molecule has 0 aromatic carbocycles. The van der Waals surface area contributed by atoms with E-state index in [2.05, 4.69) is 6.92 Å². The van der Waals surface area contributed by atoms with Gasteiger partial charge in [-0.15, -0.1) is 0 Å². The molecule has 1 fully saturated rings. The first kappa shape index (κ1) is 13.6. The lowest BCUT2D eigenvalue weighted by atomic mass is 9.82. The molecule has 0 amide bonds. The van der Waals surface area contributed by atoms with Gasteiger partial charge < -0.3 is 14.8 Å². The second-order valence-electron chi connectivity index (χ2n) is 5.49. The van der Waals surface area contributed by atoms with Crippen LogP contribution in [-0.2, 0) is 6.54 Å². The molecule has 0 bridgehead atoms. The number of aromatic nitrogens is 1. The lowest BCUT2D eigenvalue weighted by Gasteiger charge is -2.27. The number of carbonyl (C=O) groups is 1. The second kappa shape index (κ2) is 5.47. The van der Waals surface area contributed by atoms with Gasteiger partial charge in [-0.2, -0.15) is 0 Å². The summed E-state index contributed by atoms with van der Waals surface area (Å²) < 4.78 is 1.27. The summed E-state index contributed by atoms with van der Waals surface area (Å²) in [6.07, 6.45) is 4.37. The van der Waals surface area contributed by atoms with Crippen LogP contribution >= 0.6 is 0 Å². The van der Waals surface area contributed by atoms with Crippen molar-refractivity contribution in [3.05, 3.63) is 28.2 Å². The zero-order chi connectivity index (χ0) is 14.0. The third-order valence-electron chi connectivity index (χ3n) is 3.82. The van der Waals surface area contributed by atoms with Gasteiger partial charge >= 0.3 is 5.97 Å². The van der Waals surface area contributed by atoms with Crippen LogP contribution in [0, 0.1) is 11.8 Å². The first-order chi connectivity index (χ1) is 8.97. The molecular weight excluding hydrogens is 246 g/mol. The molecular formula is C14H19NO4. The van der Waals surface area contributed by atoms with E-state index in [1.807, 2.05) is 0 Å². The molecule has 2 N–H and O–H groups in total. The van der Waals surface area contributed by atoms with Crippen molar-refractivity contribution in [2.24, 2.45) is 11.8 Å². The summed E-state index contributed by atoms with van der Waals surface area (Å²) in [6.45, 7) is 2.61. The Morgan fingerprint density at radius 1 is 1.42 bits per heavy atom. The SMILES string of the molecule is CC1CCCC(Cn2c(C(=O)O)cc(O)cc2=O)C1. The number of pyridine rings is 1. The molecule has 0 spiro atoms. The van der Waals surface area contributed by atoms with E-state index in [9.17, 15) is 14.7 Å². The third-order valence-corrected chi connectivity index (χ3v) is 3.82. The molecule has 2 unspecified atom stereocenters. The molecule has 1 aliphatic rings. The van der Waals surface area contributed by atoms with Crippen LogP contribution in [0.4, 0.5) is 0 Å². The quantitative estimate of drug-likeness (QED) is 0.877. The van der Waals surface area contributed by atoms with E-state index in [1.165, 1.54) is 11.0 Å². The van der Waals surface area contributed by atoms with Gasteiger partial charge in [0.25, 0.3) is 5.56 Å². The molecule has 2 rings (SSSR count). The second-order valence-corrected chi connectivity index (χ2v) is 5.49. The lowest BCUT2D eigenvalue weighted by Crippen LogP contribution is -2.30. The molecule has 1 aromatic rings. The van der Waals surface area contributed by atoms with E-state index in [0.717, 1.165) is 31.4 Å². The van der Waals surface area contributed by atoms with Crippen LogP contribution < -0.4 is 5.56 Å². The van der Waals surface area contributed by atoms with E-state index in [-0.39, 0.29) is 11.4 Å². The van der Waals surface area contributed by atoms with Crippen molar-refractivity contribution in [3.8, 4) is 5.75 Å². The fourth-order valence-electron chi connectivity index (χ4n) is 2.93. The predicted octanol–water partition coefficient (Wildman–Crippen LogP) is 2.08. The van der Waals surface area contributed by atoms with Crippen molar-refractivity contribution in [2.75, 3.05) is 0 Å². The normalized spacial score (nSPS) is 23.2. The van der Waals surface area contributed by atoms with Crippen LogP contribution in [0.2, 0.25) is 0 Å². The largest absolute Gasteiger partial charge is 0.508 e. The van der Waals surface area contributed by atoms with Gasteiger partial charge in [-0.25, -0.2) is 4.79 Å². The van der Waals surface area contributed by atoms with Gasteiger partial charge in [0.05, 0.1) is 0 Å². The monoisotopic (exact) mass is 265 g/mol. The van der Waals surface area contributed by atoms with Gasteiger partial charge in [0.1, 0.15) is 11.4 Å². The van der Waals surface area contributed by atoms with Crippen LogP contribution in [0.1, 0.15) is 43.1 Å². The van der Waals surface area contributed by atoms with E-state index in [1.54, 1.807) is 0 Å². The smallest absolute Gasteiger partial charge is 0.352 e. The average Bonchev–Trinajstić information content (AvgIpc) is 2.32. The molecule has 5 nitrogen and oxygen atoms in total. The standard InChI is InChI=1S/C14H19NO4/c1-9-3-2-4-10(5-9)8-15-12(14(18)19)6-11(16)7-13(15)17/h6-7,9-10,16H,2-5,8H2,1H3,(H,18,19). The van der Waals surface area contributed by atoms with Crippen molar-refractivity contribution in [2.45, 2.75) is 39.2 Å². The van der Waals surface area contributed by atoms with Crippen molar-refractivity contribution in [1.82, 2.24) is 4.57 Å². The summed E-state index contributed by atoms with van der Waals surface area (Å²) in [6, 6.07) is 2.20. The van der Waals surface area contributed by atoms with Crippen molar-refractivity contribution in [1.29, 1.82) is 0 Å². The molecule has 104 valence electrons. The van der Waals surface area contributed by atoms with Gasteiger partial charge in [0.15, 0.2) is 0 Å². The van der Waals surface area contributed by atoms with Gasteiger partial charge in [-0.05, 0) is 24.7 Å². The predicted molar refractivity (Wildman–Crippen MR) is 70.4 cm³/mol. The van der Waals surface area contributed by atoms with E-state index < -0.39 is 11.5 Å². The summed E-state index contributed by atoms with van der Waals surface area (Å²) in [7, 11) is 0. The summed E-state index contributed by atoms with van der Waals surface area (Å²) in [4.78, 5) is 23.0. The fraction of sp³-hybridized carbons (Fsp3) is 0.571. The highest BCUT2D eigenvalue weighted by Gasteiger charge is 2.22. The molecule has 5 heteroatoms. The van der Waals surface area contributed by atoms with Gasteiger partial charge in [0.2, 0.25) is 0 Å². The van der Waals surface area contributed by atoms with Gasteiger partial charge in [-0.3, -0.25) is 4.79 Å². The maximum absolute atomic E-state index is 11.9. The highest BCUT2D eigenvalue weighted by atomic mass is 16.4. The first-order valence-corrected chi connectivity index (χ1v) is 6.64. The zero-order valence-electron chi connectivity index (χ0n) is 11.0. The number of rotatable bonds is 3. The Hall–Kier alpha value is -1.78. The summed E-state index contributed by atoms with van der Waals surface area (Å²) >= 11 is 0. The van der Waals surface area contributed by atoms with Gasteiger partial charge in [0, 0.05) is 18.7 Å². The zero-order valence-corrected chi connectivity index (χ0v) is 11.0. The molecule has 1 aliphatic carbocycles. The number of nitrogens with zero attached hydrogens (tertiary/aromatic N) is 1. The average molecular weight is 265 g/mol. The van der Waals surface area contributed by atoms with Crippen molar-refractivity contribution < 1.29 is 15.0 Å². The fourth-order valence-corrected chi connectivity index (χ4v) is 2.93. The number of carboxylic acid groups (broad SMARTS) is 1. The Kier molecular flexibility index (Phi) is 3.93. The maximum atomic E-state index is 11.9. The Bertz CT molecular complexity index is 535. The number of hydrogen-bond donors (Lipinski definition) is 2. The van der Waals surface area contributed by atoms with Crippen molar-refractivity contribution >= 4 is 5.97 Å². The van der Waals surface area contributed by atoms with Crippen LogP contribution in [0.25, 0.3) is 0 Å². The van der Waals surface area contributed by atoms with Crippen molar-refractivity contribution in [3.63, 3.8) is 0 Å². The Labute approximate surface area is 111 Å². The maximum Gasteiger partial charge on any atom is 0.352 e. The highest BCUT2D eigenvalue weighted by Crippen LogP contribution is 2.29. The Morgan fingerprint density at radius 3 is 2.79 bits per heavy atom. The summed E-state index contributed by atoms with van der Waals surface area (Å²) in [5.41, 5.74) is -0.584. The number of aromatic carboxylic acids is 1. The minimum absolute atomic E-state index is 0.136. The topological polar surface area (TPSA) is 79.5 Å². The lowest BCUT2D eigenvalue weighted by molar-refractivity contribution is 0.0680. The molecule has 1 saturated carbocycles. The van der Waals surface area contributed by atoms with Crippen LogP contribution in [0.3, 0.4) is 0 Å². The first-order valence-electron chi connectivity index (χ1n) is 6.64.